The highest BCUT2D eigenvalue weighted by Gasteiger charge is 2.63. The Labute approximate surface area is 251 Å². The number of hydrogen-bond donors (Lipinski definition) is 0. The van der Waals surface area contributed by atoms with Gasteiger partial charge in [-0.25, -0.2) is 9.59 Å². The first-order valence-electron chi connectivity index (χ1n) is 15.0. The van der Waals surface area contributed by atoms with Crippen molar-refractivity contribution in [2.75, 3.05) is 32.1 Å². The molecule has 8 nitrogen and oxygen atoms in total. The number of thioether (sulfide) groups is 1. The minimum atomic E-state index is -2.08. The Bertz CT molecular complexity index is 1080. The molecule has 0 aromatic heterocycles. The van der Waals surface area contributed by atoms with Crippen molar-refractivity contribution in [2.24, 2.45) is 17.8 Å². The molecule has 0 spiro atoms. The van der Waals surface area contributed by atoms with Crippen LogP contribution >= 0.6 is 11.8 Å². The lowest BCUT2D eigenvalue weighted by atomic mass is 9.72. The van der Waals surface area contributed by atoms with Gasteiger partial charge < -0.3 is 23.7 Å². The number of carbonyl (C=O) groups excluding carboxylic acids is 3. The summed E-state index contributed by atoms with van der Waals surface area (Å²) in [7, 11) is -2.08. The largest absolute Gasteiger partial charge is 0.457 e. The number of likely N-dealkylation sites (tertiary alicyclic amines) is 1. The van der Waals surface area contributed by atoms with Crippen LogP contribution in [0, 0.1) is 17.8 Å². The van der Waals surface area contributed by atoms with Crippen LogP contribution in [0.15, 0.2) is 36.6 Å². The first-order valence-corrected chi connectivity index (χ1v) is 18.9. The van der Waals surface area contributed by atoms with Crippen molar-refractivity contribution in [3.63, 3.8) is 0 Å². The van der Waals surface area contributed by atoms with Crippen LogP contribution in [0.3, 0.4) is 0 Å². The van der Waals surface area contributed by atoms with E-state index in [0.717, 1.165) is 37.0 Å². The van der Waals surface area contributed by atoms with Crippen molar-refractivity contribution in [3.05, 3.63) is 36.6 Å². The Morgan fingerprint density at radius 1 is 1.12 bits per heavy atom. The molecule has 2 saturated heterocycles. The number of nitrogens with zero attached hydrogens (tertiary/aromatic N) is 2. The molecule has 41 heavy (non-hydrogen) atoms. The fourth-order valence-corrected chi connectivity index (χ4v) is 9.52. The van der Waals surface area contributed by atoms with Gasteiger partial charge in [-0.3, -0.25) is 4.79 Å². The van der Waals surface area contributed by atoms with Crippen LogP contribution in [0.1, 0.15) is 53.4 Å². The Hall–Kier alpha value is -2.04. The lowest BCUT2D eigenvalue weighted by Crippen LogP contribution is -2.65. The van der Waals surface area contributed by atoms with Gasteiger partial charge in [0.05, 0.1) is 18.1 Å². The minimum absolute atomic E-state index is 0.0260. The van der Waals surface area contributed by atoms with Gasteiger partial charge in [-0.1, -0.05) is 52.5 Å². The van der Waals surface area contributed by atoms with E-state index in [1.54, 1.807) is 22.0 Å². The maximum absolute atomic E-state index is 13.7. The predicted octanol–water partition coefficient (Wildman–Crippen LogP) is 5.77. The molecule has 0 N–H and O–H groups in total. The lowest BCUT2D eigenvalue weighted by Gasteiger charge is -2.51. The standard InChI is InChI=1S/C31H48N2O6SSi/c1-9-16-37-29(35)27-25-22(26-24(28(34)33(26)27)20(3)39-41(7,8)31(4,5)6)12-11-13-23(25)40-19-21-14-15-32(18-21)30(36)38-17-10-2/h9-10,20-24,26H,1-2,11-19H2,3-8H3/t20-,21+,22+,23+,24-,26-/m1/s1. The van der Waals surface area contributed by atoms with Gasteiger partial charge in [-0.2, -0.15) is 11.8 Å². The van der Waals surface area contributed by atoms with E-state index in [2.05, 4.69) is 47.0 Å². The van der Waals surface area contributed by atoms with Crippen molar-refractivity contribution in [3.8, 4) is 0 Å². The van der Waals surface area contributed by atoms with Crippen molar-refractivity contribution < 1.29 is 28.3 Å². The van der Waals surface area contributed by atoms with Crippen LogP contribution in [-0.2, 0) is 23.5 Å². The summed E-state index contributed by atoms with van der Waals surface area (Å²) in [6.45, 7) is 22.1. The molecule has 2 amide bonds. The van der Waals surface area contributed by atoms with Crippen LogP contribution in [0.2, 0.25) is 18.1 Å². The summed E-state index contributed by atoms with van der Waals surface area (Å²) in [5, 5.41) is 0.175. The van der Waals surface area contributed by atoms with E-state index in [4.69, 9.17) is 13.9 Å². The lowest BCUT2D eigenvalue weighted by molar-refractivity contribution is -0.163. The summed E-state index contributed by atoms with van der Waals surface area (Å²) in [5.41, 5.74) is 1.54. The molecule has 0 bridgehead atoms. The molecule has 6 atom stereocenters. The molecule has 0 aromatic rings. The van der Waals surface area contributed by atoms with Gasteiger partial charge in [-0.05, 0) is 61.6 Å². The molecule has 0 radical (unpaired) electrons. The summed E-state index contributed by atoms with van der Waals surface area (Å²) < 4.78 is 17.5. The second kappa shape index (κ2) is 12.7. The molecule has 228 valence electrons. The van der Waals surface area contributed by atoms with E-state index >= 15 is 0 Å². The Kier molecular flexibility index (Phi) is 9.86. The average molecular weight is 605 g/mol. The summed E-state index contributed by atoms with van der Waals surface area (Å²) in [6, 6.07) is -0.0615. The van der Waals surface area contributed by atoms with E-state index in [1.165, 1.54) is 0 Å². The van der Waals surface area contributed by atoms with Crippen LogP contribution in [-0.4, -0.2) is 85.5 Å². The zero-order valence-electron chi connectivity index (χ0n) is 25.6. The zero-order valence-corrected chi connectivity index (χ0v) is 27.5. The van der Waals surface area contributed by atoms with Crippen LogP contribution < -0.4 is 0 Å². The SMILES string of the molecule is C=CCOC(=O)C1=C2[C@@H](SC[C@H]3CCN(C(=O)OCC=C)C3)CCC[C@@H]2[C@@H]2[C@@H]([C@@H](C)O[Si](C)(C)C(C)(C)C)C(=O)N12. The topological polar surface area (TPSA) is 85.4 Å². The molecule has 4 rings (SSSR count). The Balaban J connectivity index is 1.51. The highest BCUT2D eigenvalue weighted by atomic mass is 32.2. The molecule has 0 unspecified atom stereocenters. The number of carbonyl (C=O) groups is 3. The second-order valence-electron chi connectivity index (χ2n) is 13.3. The molecule has 0 aromatic carbocycles. The number of amides is 2. The number of fused-ring (bicyclic) bond motifs is 3. The van der Waals surface area contributed by atoms with Crippen molar-refractivity contribution in [2.45, 2.75) is 88.9 Å². The van der Waals surface area contributed by atoms with Gasteiger partial charge in [0.2, 0.25) is 5.91 Å². The maximum atomic E-state index is 13.7. The average Bonchev–Trinajstić information content (AvgIpc) is 3.49. The molecular formula is C31H48N2O6SSi. The fourth-order valence-electron chi connectivity index (χ4n) is 6.51. The van der Waals surface area contributed by atoms with Gasteiger partial charge in [-0.15, -0.1) is 0 Å². The second-order valence-corrected chi connectivity index (χ2v) is 19.3. The molecule has 3 aliphatic heterocycles. The minimum Gasteiger partial charge on any atom is -0.457 e. The van der Waals surface area contributed by atoms with Crippen molar-refractivity contribution in [1.82, 2.24) is 9.80 Å². The molecule has 3 heterocycles. The third kappa shape index (κ3) is 6.34. The first kappa shape index (κ1) is 31.9. The van der Waals surface area contributed by atoms with Crippen LogP contribution in [0.5, 0.6) is 0 Å². The molecule has 3 fully saturated rings. The third-order valence-electron chi connectivity index (χ3n) is 9.56. The van der Waals surface area contributed by atoms with Crippen molar-refractivity contribution >= 4 is 38.0 Å². The summed E-state index contributed by atoms with van der Waals surface area (Å²) in [6.07, 6.45) is 6.52. The summed E-state index contributed by atoms with van der Waals surface area (Å²) in [5.74, 6) is 0.661. The third-order valence-corrected chi connectivity index (χ3v) is 15.7. The Morgan fingerprint density at radius 3 is 2.46 bits per heavy atom. The zero-order chi connectivity index (χ0) is 30.1. The smallest absolute Gasteiger partial charge is 0.410 e. The van der Waals surface area contributed by atoms with E-state index in [1.807, 2.05) is 18.7 Å². The van der Waals surface area contributed by atoms with E-state index < -0.39 is 14.3 Å². The normalized spacial score (nSPS) is 28.5. The summed E-state index contributed by atoms with van der Waals surface area (Å²) >= 11 is 1.86. The number of hydrogen-bond acceptors (Lipinski definition) is 7. The molecular weight excluding hydrogens is 557 g/mol. The van der Waals surface area contributed by atoms with E-state index in [9.17, 15) is 14.4 Å². The molecule has 10 heteroatoms. The molecule has 4 aliphatic rings. The number of β-lactam (4-membered cyclic amide) rings is 1. The Morgan fingerprint density at radius 2 is 1.80 bits per heavy atom. The van der Waals surface area contributed by atoms with E-state index in [0.29, 0.717) is 24.7 Å². The predicted molar refractivity (Wildman–Crippen MR) is 165 cm³/mol. The van der Waals surface area contributed by atoms with Crippen LogP contribution in [0.25, 0.3) is 0 Å². The highest BCUT2D eigenvalue weighted by Crippen LogP contribution is 2.55. The fraction of sp³-hybridized carbons (Fsp3) is 0.710. The molecule has 1 aliphatic carbocycles. The van der Waals surface area contributed by atoms with E-state index in [-0.39, 0.29) is 59.5 Å². The van der Waals surface area contributed by atoms with Gasteiger partial charge in [0.1, 0.15) is 18.9 Å². The summed E-state index contributed by atoms with van der Waals surface area (Å²) in [4.78, 5) is 43.0. The maximum Gasteiger partial charge on any atom is 0.410 e. The molecule has 1 saturated carbocycles. The van der Waals surface area contributed by atoms with Gasteiger partial charge in [0, 0.05) is 24.3 Å². The van der Waals surface area contributed by atoms with Gasteiger partial charge >= 0.3 is 12.1 Å². The van der Waals surface area contributed by atoms with Crippen LogP contribution in [0.4, 0.5) is 4.79 Å². The quantitative estimate of drug-likeness (QED) is 0.128. The highest BCUT2D eigenvalue weighted by molar-refractivity contribution is 8.00. The number of esters is 1. The number of ether oxygens (including phenoxy) is 2. The monoisotopic (exact) mass is 604 g/mol. The van der Waals surface area contributed by atoms with Gasteiger partial charge in [0.25, 0.3) is 0 Å². The van der Waals surface area contributed by atoms with Crippen molar-refractivity contribution in [1.29, 1.82) is 0 Å². The number of rotatable bonds is 11. The van der Waals surface area contributed by atoms with Gasteiger partial charge in [0.15, 0.2) is 8.32 Å². The first-order chi connectivity index (χ1) is 19.3.